The van der Waals surface area contributed by atoms with Crippen LogP contribution in [0.1, 0.15) is 24.8 Å². The molecule has 0 spiro atoms. The fourth-order valence-electron chi connectivity index (χ4n) is 2.22. The third kappa shape index (κ3) is 1.95. The Balaban J connectivity index is 2.45. The van der Waals surface area contributed by atoms with Gasteiger partial charge in [-0.2, -0.15) is 0 Å². The van der Waals surface area contributed by atoms with E-state index in [0.29, 0.717) is 11.4 Å². The Bertz CT molecular complexity index is 421. The molecule has 2 nitrogen and oxygen atoms in total. The number of rotatable bonds is 1. The van der Waals surface area contributed by atoms with Crippen LogP contribution in [0.5, 0.6) is 0 Å². The predicted octanol–water partition coefficient (Wildman–Crippen LogP) is 1.28. The minimum absolute atomic E-state index is 0.0770. The number of aliphatic hydroxyl groups excluding tert-OH is 1. The van der Waals surface area contributed by atoms with E-state index in [1.807, 2.05) is 18.2 Å². The Morgan fingerprint density at radius 1 is 1.44 bits per heavy atom. The van der Waals surface area contributed by atoms with Gasteiger partial charge < -0.3 is 0 Å². The number of carbonyl (C=O) groups excluding carboxylic acids is 1. The van der Waals surface area contributed by atoms with Crippen molar-refractivity contribution in [2.45, 2.75) is 29.6 Å². The molecule has 86 valence electrons. The zero-order chi connectivity index (χ0) is 11.8. The van der Waals surface area contributed by atoms with Gasteiger partial charge in [-0.15, -0.1) is 0 Å². The zero-order valence-corrected chi connectivity index (χ0v) is 12.0. The second-order valence-electron chi connectivity index (χ2n) is 4.22. The molecule has 1 N–H and O–H groups in total. The molecule has 1 aliphatic rings. The monoisotopic (exact) mass is 300 g/mol. The van der Waals surface area contributed by atoms with Crippen molar-refractivity contribution in [3.63, 3.8) is 0 Å². The molecule has 0 saturated heterocycles. The van der Waals surface area contributed by atoms with E-state index in [9.17, 15) is 9.90 Å². The maximum absolute atomic E-state index is 12.1. The molecule has 1 saturated carbocycles. The Labute approximate surface area is 108 Å². The van der Waals surface area contributed by atoms with E-state index in [2.05, 4.69) is 0 Å². The van der Waals surface area contributed by atoms with Crippen LogP contribution in [0.2, 0.25) is 5.02 Å². The van der Waals surface area contributed by atoms with Crippen LogP contribution in [0.4, 0.5) is 0 Å². The predicted molar refractivity (Wildman–Crippen MR) is 66.5 cm³/mol. The van der Waals surface area contributed by atoms with Crippen LogP contribution in [0, 0.1) is 0 Å². The second-order valence-corrected chi connectivity index (χ2v) is 6.70. The van der Waals surface area contributed by atoms with Crippen molar-refractivity contribution in [2.24, 2.45) is 0 Å². The van der Waals surface area contributed by atoms with Gasteiger partial charge in [-0.3, -0.25) is 0 Å². The number of Topliss-reactive ketones (excluding diaryl/α,β-unsaturated/α-hetero) is 1. The molecule has 16 heavy (non-hydrogen) atoms. The van der Waals surface area contributed by atoms with E-state index in [-0.39, 0.29) is 5.78 Å². The maximum atomic E-state index is 12.1. The standard InChI is InChI=1S/C12H14AsClO2/c13-12(7-3-6-10(15)11(12)16)8-4-1-2-5-9(8)14/h1-2,4-5,10,15H,3,6-7,13H2/t10-,12-/m1/s1. The van der Waals surface area contributed by atoms with Gasteiger partial charge in [0.2, 0.25) is 0 Å². The summed E-state index contributed by atoms with van der Waals surface area (Å²) in [5.41, 5.74) is 0.861. The molecule has 1 unspecified atom stereocenters. The van der Waals surface area contributed by atoms with Crippen LogP contribution in [0.25, 0.3) is 0 Å². The van der Waals surface area contributed by atoms with Gasteiger partial charge in [-0.05, 0) is 0 Å². The molecule has 0 amide bonds. The fourth-order valence-corrected chi connectivity index (χ4v) is 4.07. The van der Waals surface area contributed by atoms with Crippen molar-refractivity contribution in [1.29, 1.82) is 0 Å². The summed E-state index contributed by atoms with van der Waals surface area (Å²) in [6.45, 7) is 0. The van der Waals surface area contributed by atoms with Crippen molar-refractivity contribution in [2.75, 3.05) is 0 Å². The van der Waals surface area contributed by atoms with E-state index in [1.54, 1.807) is 6.07 Å². The molecule has 1 aromatic carbocycles. The molecule has 0 radical (unpaired) electrons. The first kappa shape index (κ1) is 12.2. The first-order valence-corrected chi connectivity index (χ1v) is 6.91. The molecular formula is C12H14AsClO2. The van der Waals surface area contributed by atoms with E-state index in [1.165, 1.54) is 16.9 Å². The van der Waals surface area contributed by atoms with E-state index in [4.69, 9.17) is 11.6 Å². The fraction of sp³-hybridized carbons (Fsp3) is 0.417. The first-order chi connectivity index (χ1) is 7.55. The summed E-state index contributed by atoms with van der Waals surface area (Å²) in [5, 5.41) is 10.3. The molecule has 0 bridgehead atoms. The van der Waals surface area contributed by atoms with Crippen LogP contribution in [-0.4, -0.2) is 33.8 Å². The number of carbonyl (C=O) groups is 1. The van der Waals surface area contributed by atoms with Crippen LogP contribution in [0.3, 0.4) is 0 Å². The molecule has 0 aromatic heterocycles. The molecular weight excluding hydrogens is 287 g/mol. The number of aliphatic hydroxyl groups is 1. The van der Waals surface area contributed by atoms with Crippen LogP contribution in [-0.2, 0) is 9.00 Å². The molecule has 1 fully saturated rings. The van der Waals surface area contributed by atoms with Crippen molar-refractivity contribution in [3.05, 3.63) is 34.9 Å². The van der Waals surface area contributed by atoms with Crippen molar-refractivity contribution in [3.8, 4) is 0 Å². The van der Waals surface area contributed by atoms with Crippen molar-refractivity contribution >= 4 is 34.2 Å². The van der Waals surface area contributed by atoms with Crippen molar-refractivity contribution in [1.82, 2.24) is 0 Å². The zero-order valence-electron chi connectivity index (χ0n) is 8.82. The summed E-state index contributed by atoms with van der Waals surface area (Å²) in [6.07, 6.45) is 1.41. The molecule has 0 heterocycles. The quantitative estimate of drug-likeness (QED) is 0.794. The third-order valence-corrected chi connectivity index (χ3v) is 5.33. The summed E-state index contributed by atoms with van der Waals surface area (Å²) < 4.78 is -0.566. The van der Waals surface area contributed by atoms with E-state index >= 15 is 0 Å². The van der Waals surface area contributed by atoms with E-state index in [0.717, 1.165) is 18.4 Å². The SMILES string of the molecule is O=C1[C@H](O)CCC[C@@]1([AsH2])c1ccccc1Cl. The van der Waals surface area contributed by atoms with Gasteiger partial charge in [0.1, 0.15) is 0 Å². The molecule has 3 atom stereocenters. The molecule has 0 aliphatic heterocycles. The number of hydrogen-bond donors (Lipinski definition) is 1. The van der Waals surface area contributed by atoms with E-state index < -0.39 is 10.3 Å². The molecule has 4 heteroatoms. The van der Waals surface area contributed by atoms with Gasteiger partial charge in [-0.25, -0.2) is 0 Å². The topological polar surface area (TPSA) is 37.3 Å². The number of benzene rings is 1. The Kier molecular flexibility index (Phi) is 3.44. The van der Waals surface area contributed by atoms with Gasteiger partial charge in [0.05, 0.1) is 0 Å². The number of halogens is 1. The number of ketones is 1. The van der Waals surface area contributed by atoms with Gasteiger partial charge >= 0.3 is 109 Å². The van der Waals surface area contributed by atoms with Gasteiger partial charge in [0, 0.05) is 0 Å². The molecule has 1 aromatic rings. The Morgan fingerprint density at radius 3 is 2.81 bits per heavy atom. The minimum atomic E-state index is -0.822. The summed E-state index contributed by atoms with van der Waals surface area (Å²) >= 11 is 7.48. The summed E-state index contributed by atoms with van der Waals surface area (Å²) in [5.74, 6) is -0.0770. The summed E-state index contributed by atoms with van der Waals surface area (Å²) in [7, 11) is 0. The summed E-state index contributed by atoms with van der Waals surface area (Å²) in [4.78, 5) is 12.1. The third-order valence-electron chi connectivity index (χ3n) is 3.15. The van der Waals surface area contributed by atoms with Crippen LogP contribution in [0.15, 0.2) is 24.3 Å². The average Bonchev–Trinajstić information content (AvgIpc) is 2.26. The van der Waals surface area contributed by atoms with Crippen molar-refractivity contribution < 1.29 is 9.90 Å². The summed E-state index contributed by atoms with van der Waals surface area (Å²) in [6, 6.07) is 7.43. The Morgan fingerprint density at radius 2 is 2.12 bits per heavy atom. The second kappa shape index (κ2) is 4.52. The average molecular weight is 301 g/mol. The molecule has 1 aliphatic carbocycles. The first-order valence-electron chi connectivity index (χ1n) is 5.32. The molecule has 2 rings (SSSR count). The van der Waals surface area contributed by atoms with Gasteiger partial charge in [-0.1, -0.05) is 0 Å². The van der Waals surface area contributed by atoms with Gasteiger partial charge in [0.15, 0.2) is 0 Å². The van der Waals surface area contributed by atoms with Crippen LogP contribution >= 0.6 is 11.6 Å². The number of hydrogen-bond acceptors (Lipinski definition) is 2. The van der Waals surface area contributed by atoms with Gasteiger partial charge in [0.25, 0.3) is 0 Å². The normalized spacial score (nSPS) is 30.4. The Hall–Kier alpha value is -0.302. The van der Waals surface area contributed by atoms with Crippen LogP contribution < -0.4 is 0 Å².